The molecule has 0 amide bonds. The molecule has 0 unspecified atom stereocenters. The van der Waals surface area contributed by atoms with Crippen LogP contribution in [0.25, 0.3) is 0 Å². The molecule has 0 aromatic heterocycles. The highest BCUT2D eigenvalue weighted by Gasteiger charge is 2.35. The molecule has 23 heavy (non-hydrogen) atoms. The van der Waals surface area contributed by atoms with Crippen LogP contribution in [0.15, 0.2) is 30.3 Å². The maximum atomic E-state index is 12.5. The molecule has 0 fully saturated rings. The van der Waals surface area contributed by atoms with E-state index in [1.54, 1.807) is 6.92 Å². The number of carbonyl (C=O) groups excluding carboxylic acids is 1. The number of carbonyl (C=O) groups is 1. The van der Waals surface area contributed by atoms with E-state index >= 15 is 0 Å². The number of Topliss-reactive ketones (excluding diaryl/α,β-unsaturated/α-hetero) is 1. The van der Waals surface area contributed by atoms with Crippen molar-refractivity contribution in [1.82, 2.24) is 0 Å². The smallest absolute Gasteiger partial charge is 0.174 e. The van der Waals surface area contributed by atoms with Gasteiger partial charge < -0.3 is 19.7 Å². The van der Waals surface area contributed by atoms with Crippen molar-refractivity contribution < 1.29 is 24.5 Å². The lowest BCUT2D eigenvalue weighted by Gasteiger charge is -2.29. The zero-order valence-corrected chi connectivity index (χ0v) is 13.0. The largest absolute Gasteiger partial charge is 0.507 e. The monoisotopic (exact) mass is 314 g/mol. The van der Waals surface area contributed by atoms with Crippen LogP contribution in [0.3, 0.4) is 0 Å². The second-order valence-corrected chi connectivity index (χ2v) is 5.49. The SMILES string of the molecule is COc1c(C)c(O)c2c(c1CO)O[C@@H](c1ccccc1)CC2=O. The van der Waals surface area contributed by atoms with Crippen LogP contribution in [0.4, 0.5) is 0 Å². The molecule has 0 aliphatic carbocycles. The quantitative estimate of drug-likeness (QED) is 0.911. The first-order valence-electron chi connectivity index (χ1n) is 7.36. The van der Waals surface area contributed by atoms with Crippen molar-refractivity contribution in [3.05, 3.63) is 52.6 Å². The zero-order chi connectivity index (χ0) is 16.6. The Morgan fingerprint density at radius 3 is 2.61 bits per heavy atom. The van der Waals surface area contributed by atoms with E-state index in [0.29, 0.717) is 16.9 Å². The molecule has 1 aliphatic heterocycles. The maximum absolute atomic E-state index is 12.5. The molecule has 2 aromatic carbocycles. The number of benzene rings is 2. The first-order valence-corrected chi connectivity index (χ1v) is 7.36. The Morgan fingerprint density at radius 1 is 1.30 bits per heavy atom. The van der Waals surface area contributed by atoms with E-state index in [1.165, 1.54) is 7.11 Å². The van der Waals surface area contributed by atoms with E-state index in [1.807, 2.05) is 30.3 Å². The number of rotatable bonds is 3. The molecule has 0 spiro atoms. The third-order valence-corrected chi connectivity index (χ3v) is 4.15. The number of ether oxygens (including phenoxy) is 2. The normalized spacial score (nSPS) is 16.7. The zero-order valence-electron chi connectivity index (χ0n) is 13.0. The second-order valence-electron chi connectivity index (χ2n) is 5.49. The Hall–Kier alpha value is -2.53. The van der Waals surface area contributed by atoms with E-state index in [0.717, 1.165) is 5.56 Å². The minimum atomic E-state index is -0.451. The number of hydrogen-bond acceptors (Lipinski definition) is 5. The van der Waals surface area contributed by atoms with Crippen LogP contribution in [-0.4, -0.2) is 23.1 Å². The average Bonchev–Trinajstić information content (AvgIpc) is 2.58. The van der Waals surface area contributed by atoms with E-state index in [4.69, 9.17) is 9.47 Å². The van der Waals surface area contributed by atoms with Crippen molar-refractivity contribution in [2.24, 2.45) is 0 Å². The molecule has 0 saturated carbocycles. The summed E-state index contributed by atoms with van der Waals surface area (Å²) in [5, 5.41) is 20.1. The summed E-state index contributed by atoms with van der Waals surface area (Å²) in [4.78, 5) is 12.5. The van der Waals surface area contributed by atoms with Gasteiger partial charge in [-0.25, -0.2) is 0 Å². The van der Waals surface area contributed by atoms with Gasteiger partial charge in [-0.3, -0.25) is 4.79 Å². The predicted octanol–water partition coefficient (Wildman–Crippen LogP) is 2.91. The fourth-order valence-electron chi connectivity index (χ4n) is 3.00. The number of aromatic hydroxyl groups is 1. The molecule has 1 heterocycles. The Bertz CT molecular complexity index is 752. The highest BCUT2D eigenvalue weighted by atomic mass is 16.5. The van der Waals surface area contributed by atoms with Crippen LogP contribution >= 0.6 is 0 Å². The molecule has 1 aliphatic rings. The second kappa shape index (κ2) is 5.93. The third-order valence-electron chi connectivity index (χ3n) is 4.15. The fourth-order valence-corrected chi connectivity index (χ4v) is 3.00. The van der Waals surface area contributed by atoms with Gasteiger partial charge in [0.1, 0.15) is 28.9 Å². The Labute approximate surface area is 134 Å². The van der Waals surface area contributed by atoms with Gasteiger partial charge in [0.05, 0.1) is 25.7 Å². The lowest BCUT2D eigenvalue weighted by atomic mass is 9.91. The minimum absolute atomic E-state index is 0.125. The topological polar surface area (TPSA) is 76.0 Å². The number of ketones is 1. The first kappa shape index (κ1) is 15.4. The summed E-state index contributed by atoms with van der Waals surface area (Å²) in [6.45, 7) is 1.30. The fraction of sp³-hybridized carbons (Fsp3) is 0.278. The van der Waals surface area contributed by atoms with Crippen molar-refractivity contribution in [2.45, 2.75) is 26.1 Å². The number of aliphatic hydroxyl groups excluding tert-OH is 1. The summed E-state index contributed by atoms with van der Waals surface area (Å²) in [5.74, 6) is 0.187. The molecule has 5 nitrogen and oxygen atoms in total. The van der Waals surface area contributed by atoms with Crippen LogP contribution in [0.1, 0.15) is 39.6 Å². The van der Waals surface area contributed by atoms with Crippen molar-refractivity contribution in [3.63, 3.8) is 0 Å². The van der Waals surface area contributed by atoms with Gasteiger partial charge in [0, 0.05) is 5.56 Å². The summed E-state index contributed by atoms with van der Waals surface area (Å²) in [6.07, 6.45) is -0.311. The van der Waals surface area contributed by atoms with Crippen LogP contribution < -0.4 is 9.47 Å². The van der Waals surface area contributed by atoms with Gasteiger partial charge in [0.2, 0.25) is 0 Å². The maximum Gasteiger partial charge on any atom is 0.174 e. The van der Waals surface area contributed by atoms with E-state index < -0.39 is 6.10 Å². The average molecular weight is 314 g/mol. The Balaban J connectivity index is 2.17. The van der Waals surface area contributed by atoms with E-state index in [-0.39, 0.29) is 35.9 Å². The Kier molecular flexibility index (Phi) is 3.96. The molecule has 2 aromatic rings. The van der Waals surface area contributed by atoms with Crippen LogP contribution in [0, 0.1) is 6.92 Å². The number of fused-ring (bicyclic) bond motifs is 1. The number of phenolic OH excluding ortho intramolecular Hbond substituents is 1. The van der Waals surface area contributed by atoms with Gasteiger partial charge in [-0.1, -0.05) is 30.3 Å². The van der Waals surface area contributed by atoms with Gasteiger partial charge in [-0.05, 0) is 12.5 Å². The molecule has 3 rings (SSSR count). The summed E-state index contributed by atoms with van der Waals surface area (Å²) in [7, 11) is 1.45. The molecule has 120 valence electrons. The van der Waals surface area contributed by atoms with Crippen molar-refractivity contribution in [2.75, 3.05) is 7.11 Å². The van der Waals surface area contributed by atoms with Crippen molar-refractivity contribution >= 4 is 5.78 Å². The summed E-state index contributed by atoms with van der Waals surface area (Å²) >= 11 is 0. The van der Waals surface area contributed by atoms with Gasteiger partial charge in [0.25, 0.3) is 0 Å². The van der Waals surface area contributed by atoms with Crippen molar-refractivity contribution in [1.29, 1.82) is 0 Å². The first-order chi connectivity index (χ1) is 11.1. The van der Waals surface area contributed by atoms with Crippen LogP contribution in [0.2, 0.25) is 0 Å². The molecule has 0 bridgehead atoms. The minimum Gasteiger partial charge on any atom is -0.507 e. The van der Waals surface area contributed by atoms with Gasteiger partial charge in [-0.15, -0.1) is 0 Å². The number of hydrogen-bond donors (Lipinski definition) is 2. The highest BCUT2D eigenvalue weighted by Crippen LogP contribution is 2.47. The number of aliphatic hydroxyl groups is 1. The van der Waals surface area contributed by atoms with Gasteiger partial charge >= 0.3 is 0 Å². The molecule has 0 radical (unpaired) electrons. The van der Waals surface area contributed by atoms with E-state index in [2.05, 4.69) is 0 Å². The predicted molar refractivity (Wildman–Crippen MR) is 84.1 cm³/mol. The number of methoxy groups -OCH3 is 1. The van der Waals surface area contributed by atoms with Gasteiger partial charge in [-0.2, -0.15) is 0 Å². The molecular formula is C18H18O5. The molecule has 2 N–H and O–H groups in total. The molecular weight excluding hydrogens is 296 g/mol. The van der Waals surface area contributed by atoms with E-state index in [9.17, 15) is 15.0 Å². The van der Waals surface area contributed by atoms with Crippen LogP contribution in [-0.2, 0) is 6.61 Å². The third kappa shape index (κ3) is 2.43. The summed E-state index contributed by atoms with van der Waals surface area (Å²) in [5.41, 5.74) is 1.80. The lowest BCUT2D eigenvalue weighted by Crippen LogP contribution is -2.22. The highest BCUT2D eigenvalue weighted by molar-refractivity contribution is 6.03. The standard InChI is InChI=1S/C18H18O5/c1-10-16(21)15-13(20)8-14(11-6-4-3-5-7-11)23-18(15)12(9-19)17(10)22-2/h3-7,14,19,21H,8-9H2,1-2H3/t14-/m1/s1. The van der Waals surface area contributed by atoms with Crippen molar-refractivity contribution in [3.8, 4) is 17.2 Å². The summed E-state index contributed by atoms with van der Waals surface area (Å²) in [6, 6.07) is 9.40. The molecule has 5 heteroatoms. The Morgan fingerprint density at radius 2 is 2.00 bits per heavy atom. The van der Waals surface area contributed by atoms with Gasteiger partial charge in [0.15, 0.2) is 5.78 Å². The van der Waals surface area contributed by atoms with Crippen LogP contribution in [0.5, 0.6) is 17.2 Å². The molecule has 0 saturated heterocycles. The summed E-state index contributed by atoms with van der Waals surface area (Å²) < 4.78 is 11.2. The number of phenols is 1. The molecule has 1 atom stereocenters. The lowest BCUT2D eigenvalue weighted by molar-refractivity contribution is 0.0837.